The van der Waals surface area contributed by atoms with Crippen molar-refractivity contribution in [3.05, 3.63) is 54.2 Å². The molecule has 3 aromatic rings. The number of rotatable bonds is 20. The van der Waals surface area contributed by atoms with Crippen LogP contribution in [0.4, 0.5) is 0 Å². The number of primary amides is 2. The van der Waals surface area contributed by atoms with E-state index < -0.39 is 109 Å². The van der Waals surface area contributed by atoms with Crippen molar-refractivity contribution in [2.45, 2.75) is 81.2 Å². The summed E-state index contributed by atoms with van der Waals surface area (Å²) >= 11 is 0. The van der Waals surface area contributed by atoms with Gasteiger partial charge in [0.25, 0.3) is 0 Å². The van der Waals surface area contributed by atoms with Gasteiger partial charge in [-0.25, -0.2) is 4.98 Å². The van der Waals surface area contributed by atoms with Crippen LogP contribution in [0, 0.1) is 0 Å². The van der Waals surface area contributed by atoms with Crippen LogP contribution in [-0.4, -0.2) is 127 Å². The van der Waals surface area contributed by atoms with E-state index in [0.29, 0.717) is 17.7 Å². The quantitative estimate of drug-likeness (QED) is 0.0527. The van der Waals surface area contributed by atoms with Crippen molar-refractivity contribution >= 4 is 58.2 Å². The summed E-state index contributed by atoms with van der Waals surface area (Å²) in [7, 11) is 0. The predicted molar refractivity (Wildman–Crippen MR) is 192 cm³/mol. The van der Waals surface area contributed by atoms with Crippen LogP contribution in [0.1, 0.15) is 43.4 Å². The maximum atomic E-state index is 14.3. The average molecular weight is 768 g/mol. The van der Waals surface area contributed by atoms with Crippen molar-refractivity contribution in [1.29, 1.82) is 0 Å². The van der Waals surface area contributed by atoms with Crippen molar-refractivity contribution in [3.8, 4) is 0 Å². The number of carboxylic acids is 1. The molecular weight excluding hydrogens is 722 g/mol. The van der Waals surface area contributed by atoms with E-state index in [4.69, 9.17) is 17.2 Å². The number of nitrogens with zero attached hydrogens (tertiary/aromatic N) is 2. The summed E-state index contributed by atoms with van der Waals surface area (Å²) in [5.41, 5.74) is 18.5. The normalized spacial score (nSPS) is 16.6. The van der Waals surface area contributed by atoms with Crippen LogP contribution >= 0.6 is 0 Å². The number of imidazole rings is 1. The summed E-state index contributed by atoms with van der Waals surface area (Å²) in [6, 6.07) is -1.13. The first-order valence-electron chi connectivity index (χ1n) is 17.4. The molecule has 1 aliphatic heterocycles. The van der Waals surface area contributed by atoms with Gasteiger partial charge in [-0.15, -0.1) is 0 Å². The molecule has 0 radical (unpaired) electrons. The smallest absolute Gasteiger partial charge is 0.303 e. The van der Waals surface area contributed by atoms with Crippen molar-refractivity contribution in [3.63, 3.8) is 0 Å². The lowest BCUT2D eigenvalue weighted by Crippen LogP contribution is -2.60. The Labute approximate surface area is 313 Å². The molecule has 0 saturated carbocycles. The van der Waals surface area contributed by atoms with E-state index in [9.17, 15) is 48.6 Å². The molecule has 55 heavy (non-hydrogen) atoms. The Bertz CT molecular complexity index is 1880. The van der Waals surface area contributed by atoms with Crippen LogP contribution in [0.5, 0.6) is 0 Å². The van der Waals surface area contributed by atoms with Gasteiger partial charge in [0.2, 0.25) is 41.4 Å². The Kier molecular flexibility index (Phi) is 14.4. The number of nitrogens with two attached hydrogens (primary N) is 3. The number of likely N-dealkylation sites (tertiary alicyclic amines) is 1. The maximum Gasteiger partial charge on any atom is 0.303 e. The number of amides is 7. The topological polar surface area (TPSA) is 351 Å². The van der Waals surface area contributed by atoms with Crippen molar-refractivity contribution in [2.24, 2.45) is 17.2 Å². The number of carbonyl (C=O) groups excluding carboxylic acids is 7. The molecule has 0 spiro atoms. The Morgan fingerprint density at radius 1 is 0.891 bits per heavy atom. The van der Waals surface area contributed by atoms with E-state index in [1.165, 1.54) is 17.4 Å². The van der Waals surface area contributed by atoms with Gasteiger partial charge in [-0.2, -0.15) is 0 Å². The van der Waals surface area contributed by atoms with Gasteiger partial charge >= 0.3 is 5.97 Å². The zero-order valence-electron chi connectivity index (χ0n) is 29.7. The fourth-order valence-corrected chi connectivity index (χ4v) is 6.19. The van der Waals surface area contributed by atoms with Crippen molar-refractivity contribution < 1.29 is 48.6 Å². The molecule has 21 nitrogen and oxygen atoms in total. The van der Waals surface area contributed by atoms with Gasteiger partial charge in [-0.05, 0) is 30.9 Å². The van der Waals surface area contributed by atoms with Crippen LogP contribution in [0.15, 0.2) is 43.0 Å². The molecule has 3 heterocycles. The fraction of sp³-hybridized carbons (Fsp3) is 0.441. The molecule has 21 heteroatoms. The highest BCUT2D eigenvalue weighted by Gasteiger charge is 2.40. The highest BCUT2D eigenvalue weighted by molar-refractivity contribution is 5.98. The second kappa shape index (κ2) is 19.1. The van der Waals surface area contributed by atoms with E-state index in [1.807, 2.05) is 0 Å². The number of hydrogen-bond acceptors (Lipinski definition) is 11. The molecule has 2 aromatic heterocycles. The highest BCUT2D eigenvalue weighted by atomic mass is 16.4. The largest absolute Gasteiger partial charge is 0.481 e. The van der Waals surface area contributed by atoms with Gasteiger partial charge in [0.1, 0.15) is 30.2 Å². The number of aromatic amines is 2. The number of fused-ring (bicyclic) bond motifs is 1. The number of aliphatic hydroxyl groups excluding tert-OH is 1. The summed E-state index contributed by atoms with van der Waals surface area (Å²) in [6.45, 7) is -0.681. The minimum atomic E-state index is -1.70. The molecule has 1 aliphatic rings. The van der Waals surface area contributed by atoms with Gasteiger partial charge in [0, 0.05) is 54.8 Å². The van der Waals surface area contributed by atoms with Gasteiger partial charge in [-0.1, -0.05) is 18.2 Å². The molecule has 14 N–H and O–H groups in total. The SMILES string of the molecule is NC(=O)C[C@H](NC(=O)[C@H](CCC(=O)O)NC(=O)[C@@H](N)Cc1cnc[nH]1)C(=O)N[C@@H](Cc1c[nH]c2ccccc12)C(=O)N1CCC[C@H]1C(=O)N[C@@H](CO)C(N)=O. The molecule has 6 atom stereocenters. The molecule has 0 bridgehead atoms. The van der Waals surface area contributed by atoms with E-state index in [-0.39, 0.29) is 25.8 Å². The van der Waals surface area contributed by atoms with Gasteiger partial charge in [0.05, 0.1) is 25.4 Å². The lowest BCUT2D eigenvalue weighted by molar-refractivity contribution is -0.142. The minimum Gasteiger partial charge on any atom is -0.481 e. The summed E-state index contributed by atoms with van der Waals surface area (Å²) in [4.78, 5) is 114. The van der Waals surface area contributed by atoms with Crippen LogP contribution < -0.4 is 38.5 Å². The highest BCUT2D eigenvalue weighted by Crippen LogP contribution is 2.23. The summed E-state index contributed by atoms with van der Waals surface area (Å²) in [5.74, 6) is -7.62. The van der Waals surface area contributed by atoms with Crippen molar-refractivity contribution in [2.75, 3.05) is 13.2 Å². The first-order valence-corrected chi connectivity index (χ1v) is 17.4. The average Bonchev–Trinajstić information content (AvgIpc) is 3.93. The maximum absolute atomic E-state index is 14.3. The van der Waals surface area contributed by atoms with E-state index in [2.05, 4.69) is 36.2 Å². The number of benzene rings is 1. The van der Waals surface area contributed by atoms with E-state index in [0.717, 1.165) is 10.9 Å². The van der Waals surface area contributed by atoms with Crippen LogP contribution in [0.2, 0.25) is 0 Å². The first-order chi connectivity index (χ1) is 26.2. The molecule has 7 amide bonds. The van der Waals surface area contributed by atoms with Crippen molar-refractivity contribution in [1.82, 2.24) is 41.1 Å². The predicted octanol–water partition coefficient (Wildman–Crippen LogP) is -3.85. The Hall–Kier alpha value is -6.35. The molecule has 1 fully saturated rings. The summed E-state index contributed by atoms with van der Waals surface area (Å²) < 4.78 is 0. The first kappa shape index (κ1) is 41.4. The lowest BCUT2D eigenvalue weighted by atomic mass is 10.0. The standard InChI is InChI=1S/C34H45N11O10/c35-20(11-18-14-38-16-40-18)30(51)41-22(7-8-28(48)49)31(52)42-23(12-27(36)47)32(53)43-24(10-17-13-39-21-5-2-1-4-19(17)21)34(55)45-9-3-6-26(45)33(54)44-25(15-46)29(37)50/h1-2,4-5,13-14,16,20,22-26,39,46H,3,6-12,15,35H2,(H2,36,47)(H2,37,50)(H,38,40)(H,41,51)(H,42,52)(H,43,53)(H,44,54)(H,48,49)/t20-,22-,23-,24-,25-,26-/m0/s1. The molecule has 1 aromatic carbocycles. The van der Waals surface area contributed by atoms with E-state index >= 15 is 0 Å². The second-order valence-electron chi connectivity index (χ2n) is 13.1. The second-order valence-corrected chi connectivity index (χ2v) is 13.1. The Morgan fingerprint density at radius 3 is 2.24 bits per heavy atom. The monoisotopic (exact) mass is 767 g/mol. The lowest BCUT2D eigenvalue weighted by Gasteiger charge is -2.30. The molecule has 296 valence electrons. The Balaban J connectivity index is 1.58. The number of nitrogens with one attached hydrogen (secondary N) is 6. The van der Waals surface area contributed by atoms with Crippen LogP contribution in [0.25, 0.3) is 10.9 Å². The minimum absolute atomic E-state index is 0.00432. The van der Waals surface area contributed by atoms with E-state index in [1.54, 1.807) is 30.5 Å². The number of para-hydroxylation sites is 1. The van der Waals surface area contributed by atoms with Gasteiger partial charge in [-0.3, -0.25) is 38.4 Å². The number of carbonyl (C=O) groups is 8. The Morgan fingerprint density at radius 2 is 1.58 bits per heavy atom. The number of aromatic nitrogens is 3. The summed E-state index contributed by atoms with van der Waals surface area (Å²) in [5, 5.41) is 29.2. The number of hydrogen-bond donors (Lipinski definition) is 11. The third-order valence-corrected chi connectivity index (χ3v) is 9.04. The fourth-order valence-electron chi connectivity index (χ4n) is 6.19. The van der Waals surface area contributed by atoms with Gasteiger partial charge < -0.3 is 63.5 Å². The zero-order valence-corrected chi connectivity index (χ0v) is 29.7. The van der Waals surface area contributed by atoms with Crippen LogP contribution in [-0.2, 0) is 51.2 Å². The number of aliphatic carboxylic acids is 1. The van der Waals surface area contributed by atoms with Gasteiger partial charge in [0.15, 0.2) is 0 Å². The third-order valence-electron chi connectivity index (χ3n) is 9.04. The molecular formula is C34H45N11O10. The molecule has 4 rings (SSSR count). The summed E-state index contributed by atoms with van der Waals surface area (Å²) in [6.07, 6.45) is 3.19. The van der Waals surface area contributed by atoms with Crippen LogP contribution in [0.3, 0.4) is 0 Å². The third kappa shape index (κ3) is 11.3. The molecule has 1 saturated heterocycles. The molecule has 0 unspecified atom stereocenters. The number of carboxylic acid groups (broad SMARTS) is 1. The number of aliphatic hydroxyl groups is 1. The number of H-pyrrole nitrogens is 2. The zero-order chi connectivity index (χ0) is 40.2. The molecule has 0 aliphatic carbocycles.